The molecule has 0 spiro atoms. The second-order valence-corrected chi connectivity index (χ2v) is 8.35. The fraction of sp³-hybridized carbons (Fsp3) is 0.458. The zero-order valence-corrected chi connectivity index (χ0v) is 22.4. The number of nitrogens with one attached hydrogen (secondary N) is 1. The molecule has 3 aliphatic rings. The van der Waals surface area contributed by atoms with E-state index < -0.39 is 35.4 Å². The number of hydrogen-bond acceptors (Lipinski definition) is 13. The summed E-state index contributed by atoms with van der Waals surface area (Å²) in [5.41, 5.74) is 16.5. The summed E-state index contributed by atoms with van der Waals surface area (Å²) in [6.07, 6.45) is 12.9. The van der Waals surface area contributed by atoms with Crippen molar-refractivity contribution in [3.63, 3.8) is 0 Å². The van der Waals surface area contributed by atoms with E-state index in [2.05, 4.69) is 5.32 Å². The maximum atomic E-state index is 11.5. The number of carbonyl (C=O) groups excluding carboxylic acids is 7. The van der Waals surface area contributed by atoms with Gasteiger partial charge in [-0.3, -0.25) is 49.2 Å². The molecule has 0 saturated carbocycles. The molecule has 3 rings (SSSR count). The molecule has 228 valence electrons. The standard InChI is InChI=1S/C12H28N4O.3C4H3NO3/c13-8-4-1-2-6-10-16-12(17)11(15)7-3-5-9-14;3*6-3-1-2-4(7)5(3)8/h11H,1-10,13-15H2,(H,16,17);3*1-2,8H. The Balaban J connectivity index is 0.000000558. The van der Waals surface area contributed by atoms with Crippen molar-refractivity contribution in [3.8, 4) is 0 Å². The molecule has 0 aromatic rings. The van der Waals surface area contributed by atoms with Gasteiger partial charge in [-0.25, -0.2) is 0 Å². The number of nitrogens with zero attached hydrogens (tertiary/aromatic N) is 3. The lowest BCUT2D eigenvalue weighted by Gasteiger charge is -2.11. The molecule has 7 amide bonds. The third-order valence-corrected chi connectivity index (χ3v) is 5.09. The molecule has 41 heavy (non-hydrogen) atoms. The van der Waals surface area contributed by atoms with Crippen LogP contribution in [0.5, 0.6) is 0 Å². The summed E-state index contributed by atoms with van der Waals surface area (Å²) in [6.45, 7) is 2.13. The second kappa shape index (κ2) is 20.7. The van der Waals surface area contributed by atoms with Crippen LogP contribution in [0.25, 0.3) is 0 Å². The van der Waals surface area contributed by atoms with E-state index in [9.17, 15) is 33.6 Å². The molecule has 0 aromatic carbocycles. The quantitative estimate of drug-likeness (QED) is 0.0786. The first kappa shape index (κ1) is 36.9. The van der Waals surface area contributed by atoms with Crippen molar-refractivity contribution in [1.29, 1.82) is 0 Å². The highest BCUT2D eigenvalue weighted by Crippen LogP contribution is 2.00. The Kier molecular flexibility index (Phi) is 18.6. The van der Waals surface area contributed by atoms with Crippen LogP contribution in [0.15, 0.2) is 36.5 Å². The van der Waals surface area contributed by atoms with Gasteiger partial charge in [-0.15, -0.1) is 15.2 Å². The second-order valence-electron chi connectivity index (χ2n) is 8.35. The molecule has 1 atom stereocenters. The van der Waals surface area contributed by atoms with Crippen molar-refractivity contribution in [2.75, 3.05) is 19.6 Å². The minimum absolute atomic E-state index is 0.0409. The molecule has 3 heterocycles. The first-order valence-electron chi connectivity index (χ1n) is 12.6. The Morgan fingerprint density at radius 2 is 0.927 bits per heavy atom. The topological polar surface area (TPSA) is 280 Å². The number of unbranched alkanes of at least 4 members (excludes halogenated alkanes) is 4. The highest BCUT2D eigenvalue weighted by Gasteiger charge is 2.21. The van der Waals surface area contributed by atoms with Crippen molar-refractivity contribution in [2.45, 2.75) is 51.0 Å². The lowest BCUT2D eigenvalue weighted by molar-refractivity contribution is -0.170. The Hall–Kier alpha value is -4.13. The average Bonchev–Trinajstić information content (AvgIpc) is 3.54. The first-order chi connectivity index (χ1) is 19.4. The summed E-state index contributed by atoms with van der Waals surface area (Å²) in [6, 6.07) is -0.384. The molecule has 10 N–H and O–H groups in total. The van der Waals surface area contributed by atoms with Gasteiger partial charge in [0.15, 0.2) is 0 Å². The first-order valence-corrected chi connectivity index (χ1v) is 12.6. The smallest absolute Gasteiger partial charge is 0.277 e. The third kappa shape index (κ3) is 15.3. The number of carbonyl (C=O) groups is 7. The lowest BCUT2D eigenvalue weighted by atomic mass is 10.1. The van der Waals surface area contributed by atoms with Gasteiger partial charge >= 0.3 is 0 Å². The van der Waals surface area contributed by atoms with E-state index >= 15 is 0 Å². The van der Waals surface area contributed by atoms with Crippen LogP contribution in [-0.4, -0.2) is 97.8 Å². The largest absolute Gasteiger partial charge is 0.355 e. The molecule has 0 fully saturated rings. The predicted octanol–water partition coefficient (Wildman–Crippen LogP) is -2.02. The van der Waals surface area contributed by atoms with Crippen molar-refractivity contribution in [3.05, 3.63) is 36.5 Å². The van der Waals surface area contributed by atoms with Crippen LogP contribution >= 0.6 is 0 Å². The summed E-state index contributed by atoms with van der Waals surface area (Å²) >= 11 is 0. The van der Waals surface area contributed by atoms with E-state index in [1.54, 1.807) is 0 Å². The van der Waals surface area contributed by atoms with Gasteiger partial charge in [0.25, 0.3) is 35.4 Å². The van der Waals surface area contributed by atoms with E-state index in [-0.39, 0.29) is 27.1 Å². The maximum Gasteiger partial charge on any atom is 0.277 e. The molecular weight excluding hydrogens is 546 g/mol. The molecule has 0 aliphatic carbocycles. The van der Waals surface area contributed by atoms with Crippen LogP contribution in [0.2, 0.25) is 0 Å². The van der Waals surface area contributed by atoms with E-state index in [0.29, 0.717) is 13.1 Å². The van der Waals surface area contributed by atoms with E-state index in [1.165, 1.54) is 0 Å². The fourth-order valence-corrected chi connectivity index (χ4v) is 2.78. The van der Waals surface area contributed by atoms with Gasteiger partial charge in [0.1, 0.15) is 0 Å². The van der Waals surface area contributed by atoms with E-state index in [4.69, 9.17) is 32.8 Å². The van der Waals surface area contributed by atoms with Gasteiger partial charge in [0, 0.05) is 43.0 Å². The lowest BCUT2D eigenvalue weighted by Crippen LogP contribution is -2.40. The molecule has 17 nitrogen and oxygen atoms in total. The number of hydrogen-bond donors (Lipinski definition) is 7. The average molecular weight is 584 g/mol. The van der Waals surface area contributed by atoms with Gasteiger partial charge in [0.2, 0.25) is 5.91 Å². The molecule has 0 radical (unpaired) electrons. The van der Waals surface area contributed by atoms with Crippen LogP contribution in [0.3, 0.4) is 0 Å². The zero-order valence-electron chi connectivity index (χ0n) is 22.4. The minimum Gasteiger partial charge on any atom is -0.355 e. The van der Waals surface area contributed by atoms with Gasteiger partial charge in [-0.05, 0) is 38.8 Å². The summed E-state index contributed by atoms with van der Waals surface area (Å²) < 4.78 is 0. The summed E-state index contributed by atoms with van der Waals surface area (Å²) in [7, 11) is 0. The number of nitrogens with two attached hydrogens (primary N) is 3. The normalized spacial score (nSPS) is 15.9. The molecular formula is C24H37N7O10. The number of imide groups is 3. The van der Waals surface area contributed by atoms with Gasteiger partial charge in [-0.2, -0.15) is 0 Å². The summed E-state index contributed by atoms with van der Waals surface area (Å²) in [5, 5.41) is 28.0. The van der Waals surface area contributed by atoms with Crippen molar-refractivity contribution in [2.24, 2.45) is 17.2 Å². The van der Waals surface area contributed by atoms with E-state index in [1.807, 2.05) is 0 Å². The molecule has 0 aromatic heterocycles. The van der Waals surface area contributed by atoms with E-state index in [0.717, 1.165) is 87.9 Å². The zero-order chi connectivity index (χ0) is 31.4. The van der Waals surface area contributed by atoms with Gasteiger partial charge < -0.3 is 22.5 Å². The Labute approximate surface area is 235 Å². The van der Waals surface area contributed by atoms with Crippen LogP contribution in [-0.2, 0) is 33.6 Å². The number of hydroxylamine groups is 6. The monoisotopic (exact) mass is 583 g/mol. The van der Waals surface area contributed by atoms with Crippen molar-refractivity contribution < 1.29 is 49.2 Å². The molecule has 0 bridgehead atoms. The third-order valence-electron chi connectivity index (χ3n) is 5.09. The number of amides is 7. The van der Waals surface area contributed by atoms with Crippen molar-refractivity contribution in [1.82, 2.24) is 20.5 Å². The highest BCUT2D eigenvalue weighted by molar-refractivity contribution is 6.12. The number of rotatable bonds is 11. The highest BCUT2D eigenvalue weighted by atomic mass is 16.5. The summed E-state index contributed by atoms with van der Waals surface area (Å²) in [4.78, 5) is 72.5. The fourth-order valence-electron chi connectivity index (χ4n) is 2.78. The molecule has 17 heteroatoms. The molecule has 0 saturated heterocycles. The van der Waals surface area contributed by atoms with Gasteiger partial charge in [0.05, 0.1) is 6.04 Å². The Morgan fingerprint density at radius 1 is 0.610 bits per heavy atom. The summed E-state index contributed by atoms with van der Waals surface area (Å²) in [5.74, 6) is -4.15. The minimum atomic E-state index is -0.685. The van der Waals surface area contributed by atoms with Crippen LogP contribution < -0.4 is 22.5 Å². The van der Waals surface area contributed by atoms with Gasteiger partial charge in [-0.1, -0.05) is 19.3 Å². The van der Waals surface area contributed by atoms with Crippen molar-refractivity contribution >= 4 is 41.4 Å². The molecule has 3 aliphatic heterocycles. The molecule has 1 unspecified atom stereocenters. The van der Waals surface area contributed by atoms with Crippen LogP contribution in [0, 0.1) is 0 Å². The maximum absolute atomic E-state index is 11.5. The van der Waals surface area contributed by atoms with Crippen LogP contribution in [0.4, 0.5) is 0 Å². The Morgan fingerprint density at radius 3 is 1.22 bits per heavy atom. The van der Waals surface area contributed by atoms with Crippen LogP contribution in [0.1, 0.15) is 44.9 Å². The predicted molar refractivity (Wildman–Crippen MR) is 140 cm³/mol. The SMILES string of the molecule is NCCCCCCNC(=O)C(N)CCCCN.O=C1C=CC(=O)N1O.O=C1C=CC(=O)N1O.O=C1C=CC(=O)N1O. The Bertz CT molecular complexity index is 879.